The van der Waals surface area contributed by atoms with Gasteiger partial charge in [0.1, 0.15) is 0 Å². The molecule has 424 valence electrons. The quantitative estimate of drug-likeness (QED) is 0.0120. The lowest BCUT2D eigenvalue weighted by Crippen LogP contribution is -2.38. The van der Waals surface area contributed by atoms with Crippen LogP contribution in [-0.4, -0.2) is 116 Å². The predicted molar refractivity (Wildman–Crippen MR) is 300 cm³/mol. The Kier molecular flexibility index (Phi) is 20.6. The molecule has 0 bridgehead atoms. The molecule has 0 saturated carbocycles. The van der Waals surface area contributed by atoms with Gasteiger partial charge in [-0.15, -0.1) is 15.3 Å². The average Bonchev–Trinajstić information content (AvgIpc) is 4.24. The van der Waals surface area contributed by atoms with E-state index in [1.807, 2.05) is 0 Å². The minimum Gasteiger partial charge on any atom is -0.504 e. The molecular formula is C59H61N11O12. The molecule has 0 fully saturated rings. The number of benzene rings is 4. The summed E-state index contributed by atoms with van der Waals surface area (Å²) in [5.74, 6) is -3.21. The highest BCUT2D eigenvalue weighted by atomic mass is 16.3. The molecule has 0 aliphatic rings. The first-order chi connectivity index (χ1) is 39.4. The van der Waals surface area contributed by atoms with Gasteiger partial charge in [0.25, 0.3) is 0 Å². The number of nitrogens with zero attached hydrogens (tertiary/aromatic N) is 11. The Bertz CT molecular complexity index is 3310. The number of rotatable bonds is 30. The smallest absolute Gasteiger partial charge is 0.157 e. The van der Waals surface area contributed by atoms with Gasteiger partial charge in [0.15, 0.2) is 69.1 Å². The van der Waals surface area contributed by atoms with E-state index < -0.39 is 5.41 Å². The zero-order chi connectivity index (χ0) is 58.6. The van der Waals surface area contributed by atoms with E-state index in [0.717, 1.165) is 0 Å². The fourth-order valence-electron chi connectivity index (χ4n) is 8.36. The number of aromatic nitrogens is 9. The molecule has 0 aliphatic carbocycles. The number of aromatic hydroxyl groups is 8. The second-order valence-corrected chi connectivity index (χ2v) is 19.4. The third-order valence-electron chi connectivity index (χ3n) is 12.9. The van der Waals surface area contributed by atoms with Gasteiger partial charge in [0.05, 0.1) is 49.0 Å². The Morgan fingerprint density at radius 2 is 0.768 bits per heavy atom. The summed E-state index contributed by atoms with van der Waals surface area (Å²) in [6.07, 6.45) is 20.3. The van der Waals surface area contributed by atoms with Gasteiger partial charge in [-0.3, -0.25) is 33.2 Å². The van der Waals surface area contributed by atoms with Crippen molar-refractivity contribution in [2.45, 2.75) is 84.3 Å². The van der Waals surface area contributed by atoms with Gasteiger partial charge in [-0.2, -0.15) is 10.2 Å². The van der Waals surface area contributed by atoms with Crippen molar-refractivity contribution in [3.63, 3.8) is 0 Å². The first-order valence-electron chi connectivity index (χ1n) is 26.0. The van der Waals surface area contributed by atoms with E-state index in [-0.39, 0.29) is 147 Å². The second-order valence-electron chi connectivity index (χ2n) is 19.4. The van der Waals surface area contributed by atoms with Crippen LogP contribution in [-0.2, 0) is 58.1 Å². The van der Waals surface area contributed by atoms with Crippen molar-refractivity contribution >= 4 is 47.4 Å². The third-order valence-corrected chi connectivity index (χ3v) is 12.9. The molecule has 23 heteroatoms. The van der Waals surface area contributed by atoms with Crippen molar-refractivity contribution in [1.82, 2.24) is 45.0 Å². The molecule has 4 aromatic carbocycles. The van der Waals surface area contributed by atoms with Crippen molar-refractivity contribution in [1.29, 1.82) is 0 Å². The van der Waals surface area contributed by atoms with Gasteiger partial charge in [0, 0.05) is 69.0 Å². The molecule has 0 amide bonds. The lowest BCUT2D eigenvalue weighted by atomic mass is 9.83. The number of hydrogen-bond donors (Lipinski definition) is 8. The maximum absolute atomic E-state index is 13.0. The van der Waals surface area contributed by atoms with Gasteiger partial charge < -0.3 is 40.9 Å². The molecule has 82 heavy (non-hydrogen) atoms. The van der Waals surface area contributed by atoms with Crippen LogP contribution in [0.4, 0.5) is 0 Å². The normalized spacial score (nSPS) is 12.3. The maximum atomic E-state index is 13.0. The van der Waals surface area contributed by atoms with E-state index in [4.69, 9.17) is 0 Å². The maximum Gasteiger partial charge on any atom is 0.157 e. The number of hydrogen-bond acceptors (Lipinski definition) is 20. The van der Waals surface area contributed by atoms with Crippen molar-refractivity contribution in [3.8, 4) is 46.0 Å². The van der Waals surface area contributed by atoms with Crippen LogP contribution < -0.4 is 0 Å². The number of phenols is 8. The average molecular weight is 1120 g/mol. The van der Waals surface area contributed by atoms with Gasteiger partial charge >= 0.3 is 0 Å². The Labute approximate surface area is 470 Å². The van der Waals surface area contributed by atoms with E-state index in [1.54, 1.807) is 69.9 Å². The summed E-state index contributed by atoms with van der Waals surface area (Å²) in [5, 5.41) is 114. The van der Waals surface area contributed by atoms with Crippen molar-refractivity contribution in [2.24, 2.45) is 15.6 Å². The minimum absolute atomic E-state index is 0.0871. The molecule has 0 aliphatic heterocycles. The molecule has 0 radical (unpaired) electrons. The van der Waals surface area contributed by atoms with Crippen LogP contribution in [0.25, 0.3) is 24.3 Å². The largest absolute Gasteiger partial charge is 0.504 e. The Morgan fingerprint density at radius 3 is 1.07 bits per heavy atom. The number of azo groups is 1. The molecule has 0 atom stereocenters. The zero-order valence-corrected chi connectivity index (χ0v) is 44.7. The molecule has 8 N–H and O–H groups in total. The van der Waals surface area contributed by atoms with Crippen LogP contribution in [0.2, 0.25) is 0 Å². The highest BCUT2D eigenvalue weighted by Crippen LogP contribution is 2.32. The first-order valence-corrected chi connectivity index (χ1v) is 26.0. The molecular weight excluding hydrogens is 1050 g/mol. The Hall–Kier alpha value is -10.3. The highest BCUT2D eigenvalue weighted by molar-refractivity contribution is 5.95. The Morgan fingerprint density at radius 1 is 0.451 bits per heavy atom. The molecule has 3 aromatic heterocycles. The SMILES string of the molecule is C/C=C(/CCC(=O)/C=C/c1ccc(O)c(O)c1)N=NCCC(Cn1cc(CCC(=O)/C=C/c2ccc(O)c(O)c2)nn1)(Cn1cc(CCC(=O)/C=C/c2ccc(O)c(O)c2)nn1)Cn1cc(CCC(=O)/C=C/c2ccc(O)c(O)c2)nn1. The van der Waals surface area contributed by atoms with E-state index in [9.17, 15) is 60.0 Å². The minimum atomic E-state index is -0.893. The topological polar surface area (TPSA) is 347 Å². The van der Waals surface area contributed by atoms with Crippen molar-refractivity contribution in [3.05, 3.63) is 167 Å². The van der Waals surface area contributed by atoms with E-state index in [2.05, 4.69) is 41.2 Å². The molecule has 23 nitrogen and oxygen atoms in total. The number of carbonyl (C=O) groups is 4. The fourth-order valence-corrected chi connectivity index (χ4v) is 8.36. The zero-order valence-electron chi connectivity index (χ0n) is 44.7. The van der Waals surface area contributed by atoms with Crippen molar-refractivity contribution < 1.29 is 60.0 Å². The summed E-state index contributed by atoms with van der Waals surface area (Å²) < 4.78 is 4.94. The summed E-state index contributed by atoms with van der Waals surface area (Å²) in [5.41, 5.74) is 3.31. The molecule has 7 rings (SSSR count). The third kappa shape index (κ3) is 18.4. The molecule has 0 spiro atoms. The number of carbonyl (C=O) groups excluding carboxylic acids is 4. The number of ketones is 4. The highest BCUT2D eigenvalue weighted by Gasteiger charge is 2.34. The summed E-state index contributed by atoms with van der Waals surface area (Å²) in [4.78, 5) is 51.7. The summed E-state index contributed by atoms with van der Waals surface area (Å²) >= 11 is 0. The number of aryl methyl sites for hydroxylation is 3. The Balaban J connectivity index is 1.11. The van der Waals surface area contributed by atoms with Gasteiger partial charge in [0.2, 0.25) is 0 Å². The van der Waals surface area contributed by atoms with Crippen LogP contribution >= 0.6 is 0 Å². The summed E-state index contributed by atoms with van der Waals surface area (Å²) in [6, 6.07) is 16.9. The molecule has 0 unspecified atom stereocenters. The van der Waals surface area contributed by atoms with Gasteiger partial charge in [-0.05, 0) is 115 Å². The molecule has 0 saturated heterocycles. The number of phenolic OH excluding ortho intramolecular Hbond substituents is 8. The monoisotopic (exact) mass is 1120 g/mol. The number of allylic oxidation sites excluding steroid dienone is 6. The fraction of sp³-hybridized carbons (Fsp3) is 0.254. The van der Waals surface area contributed by atoms with E-state index in [0.29, 0.717) is 51.5 Å². The lowest BCUT2D eigenvalue weighted by molar-refractivity contribution is -0.115. The van der Waals surface area contributed by atoms with Crippen LogP contribution in [0.3, 0.4) is 0 Å². The molecule has 3 heterocycles. The van der Waals surface area contributed by atoms with Crippen molar-refractivity contribution in [2.75, 3.05) is 6.54 Å². The van der Waals surface area contributed by atoms with E-state index >= 15 is 0 Å². The van der Waals surface area contributed by atoms with Gasteiger partial charge in [-0.25, -0.2) is 0 Å². The van der Waals surface area contributed by atoms with Crippen LogP contribution in [0.1, 0.15) is 84.8 Å². The van der Waals surface area contributed by atoms with Crippen LogP contribution in [0.15, 0.2) is 138 Å². The molecule has 7 aromatic rings. The van der Waals surface area contributed by atoms with E-state index in [1.165, 1.54) is 97.1 Å². The lowest BCUT2D eigenvalue weighted by Gasteiger charge is -2.32. The van der Waals surface area contributed by atoms with Gasteiger partial charge in [-0.1, -0.05) is 70.3 Å². The van der Waals surface area contributed by atoms with Crippen LogP contribution in [0, 0.1) is 5.41 Å². The van der Waals surface area contributed by atoms with Crippen LogP contribution in [0.5, 0.6) is 46.0 Å². The second kappa shape index (κ2) is 28.5. The standard InChI is InChI=1S/C59H61N11O12/c1-2-43(11-19-47(71)15-3-39-7-23-51(75)55(79)29-39)61-60-28-27-59(36-68-33-44(62-65-68)12-20-48(72)16-4-40-8-24-52(76)56(80)30-40,37-69-34-45(63-66-69)13-21-49(73)17-5-41-9-25-53(77)57(81)31-41)38-70-35-46(64-67-70)14-22-50(74)18-6-42-10-26-54(78)58(82)32-42/h2-10,15-18,23-26,29-35,75-82H,11-14,19-22,27-28,36-38H2,1H3/b15-3+,16-4+,17-5+,18-6+,43-2-,61-60?. The summed E-state index contributed by atoms with van der Waals surface area (Å²) in [7, 11) is 0. The predicted octanol–water partition coefficient (Wildman–Crippen LogP) is 7.95. The summed E-state index contributed by atoms with van der Waals surface area (Å²) in [6.45, 7) is 2.48. The first kappa shape index (κ1) is 59.3.